The number of nitrogens with zero attached hydrogens (tertiary/aromatic N) is 1. The van der Waals surface area contributed by atoms with E-state index in [1.54, 1.807) is 0 Å². The molecule has 2 rings (SSSR count). The Balaban J connectivity index is 2.09. The molecule has 3 atom stereocenters. The average molecular weight is 185 g/mol. The van der Waals surface area contributed by atoms with Gasteiger partial charge in [-0.2, -0.15) is 0 Å². The first kappa shape index (κ1) is 9.45. The molecule has 2 aliphatic rings. The fraction of sp³-hybridized carbons (Fsp3) is 1.00. The highest BCUT2D eigenvalue weighted by atomic mass is 19.1. The van der Waals surface area contributed by atoms with Gasteiger partial charge in [-0.3, -0.25) is 4.90 Å². The van der Waals surface area contributed by atoms with Crippen molar-refractivity contribution in [3.8, 4) is 0 Å². The SMILES string of the molecule is CC(C)(C)C1CCC2CC(F)CN21. The van der Waals surface area contributed by atoms with Gasteiger partial charge in [-0.05, 0) is 24.7 Å². The number of hydrogen-bond acceptors (Lipinski definition) is 1. The zero-order valence-electron chi connectivity index (χ0n) is 8.89. The lowest BCUT2D eigenvalue weighted by Crippen LogP contribution is -2.40. The lowest BCUT2D eigenvalue weighted by atomic mass is 9.85. The highest BCUT2D eigenvalue weighted by Gasteiger charge is 2.45. The van der Waals surface area contributed by atoms with E-state index in [1.165, 1.54) is 12.8 Å². The first-order chi connectivity index (χ1) is 5.98. The molecule has 0 amide bonds. The van der Waals surface area contributed by atoms with Crippen LogP contribution in [0.1, 0.15) is 40.0 Å². The molecule has 2 aliphatic heterocycles. The average Bonchev–Trinajstić information content (AvgIpc) is 2.41. The summed E-state index contributed by atoms with van der Waals surface area (Å²) in [5.74, 6) is 0. The van der Waals surface area contributed by atoms with Gasteiger partial charge in [0, 0.05) is 18.6 Å². The second kappa shape index (κ2) is 2.94. The Labute approximate surface area is 80.3 Å². The van der Waals surface area contributed by atoms with Crippen LogP contribution in [0.15, 0.2) is 0 Å². The van der Waals surface area contributed by atoms with E-state index >= 15 is 0 Å². The first-order valence-corrected chi connectivity index (χ1v) is 5.38. The second-order valence-corrected chi connectivity index (χ2v) is 5.64. The molecule has 0 radical (unpaired) electrons. The fourth-order valence-electron chi connectivity index (χ4n) is 2.99. The molecule has 0 aromatic carbocycles. The summed E-state index contributed by atoms with van der Waals surface area (Å²) in [4.78, 5) is 2.41. The molecular weight excluding hydrogens is 165 g/mol. The highest BCUT2D eigenvalue weighted by Crippen LogP contribution is 2.41. The third-order valence-corrected chi connectivity index (χ3v) is 3.58. The van der Waals surface area contributed by atoms with E-state index in [9.17, 15) is 4.39 Å². The van der Waals surface area contributed by atoms with Crippen LogP contribution in [0.4, 0.5) is 4.39 Å². The number of rotatable bonds is 0. The largest absolute Gasteiger partial charge is 0.294 e. The van der Waals surface area contributed by atoms with E-state index in [-0.39, 0.29) is 0 Å². The standard InChI is InChI=1S/C11H20FN/c1-11(2,3)10-5-4-9-6-8(12)7-13(9)10/h8-10H,4-7H2,1-3H3. The Bertz CT molecular complexity index is 197. The summed E-state index contributed by atoms with van der Waals surface area (Å²) in [6.07, 6.45) is 2.70. The molecule has 2 heterocycles. The van der Waals surface area contributed by atoms with Gasteiger partial charge in [0.15, 0.2) is 0 Å². The fourth-order valence-corrected chi connectivity index (χ4v) is 2.99. The van der Waals surface area contributed by atoms with Crippen LogP contribution in [0.3, 0.4) is 0 Å². The maximum Gasteiger partial charge on any atom is 0.114 e. The van der Waals surface area contributed by atoms with Gasteiger partial charge in [-0.25, -0.2) is 4.39 Å². The molecule has 0 aromatic heterocycles. The third kappa shape index (κ3) is 1.61. The van der Waals surface area contributed by atoms with Crippen molar-refractivity contribution in [2.75, 3.05) is 6.54 Å². The monoisotopic (exact) mass is 185 g/mol. The van der Waals surface area contributed by atoms with Gasteiger partial charge in [-0.15, -0.1) is 0 Å². The van der Waals surface area contributed by atoms with E-state index < -0.39 is 6.17 Å². The summed E-state index contributed by atoms with van der Waals surface area (Å²) in [5, 5.41) is 0. The Morgan fingerprint density at radius 2 is 1.92 bits per heavy atom. The van der Waals surface area contributed by atoms with Gasteiger partial charge in [0.05, 0.1) is 0 Å². The first-order valence-electron chi connectivity index (χ1n) is 5.38. The third-order valence-electron chi connectivity index (χ3n) is 3.58. The molecule has 0 saturated carbocycles. The molecule has 0 bridgehead atoms. The maximum absolute atomic E-state index is 13.2. The normalized spacial score (nSPS) is 41.1. The number of alkyl halides is 1. The van der Waals surface area contributed by atoms with Crippen molar-refractivity contribution in [2.45, 2.75) is 58.3 Å². The van der Waals surface area contributed by atoms with Crippen LogP contribution in [0.5, 0.6) is 0 Å². The van der Waals surface area contributed by atoms with Crippen molar-refractivity contribution in [2.24, 2.45) is 5.41 Å². The van der Waals surface area contributed by atoms with Crippen LogP contribution >= 0.6 is 0 Å². The minimum atomic E-state index is -0.560. The van der Waals surface area contributed by atoms with E-state index in [1.807, 2.05) is 0 Å². The van der Waals surface area contributed by atoms with Crippen molar-refractivity contribution in [3.05, 3.63) is 0 Å². The van der Waals surface area contributed by atoms with Crippen LogP contribution in [-0.2, 0) is 0 Å². The summed E-state index contributed by atoms with van der Waals surface area (Å²) >= 11 is 0. The summed E-state index contributed by atoms with van der Waals surface area (Å²) in [6.45, 7) is 7.50. The molecule has 13 heavy (non-hydrogen) atoms. The summed E-state index contributed by atoms with van der Waals surface area (Å²) in [6, 6.07) is 1.16. The van der Waals surface area contributed by atoms with Crippen molar-refractivity contribution >= 4 is 0 Å². The van der Waals surface area contributed by atoms with Gasteiger partial charge in [0.1, 0.15) is 6.17 Å². The predicted octanol–water partition coefficient (Wildman–Crippen LogP) is 2.61. The summed E-state index contributed by atoms with van der Waals surface area (Å²) in [7, 11) is 0. The van der Waals surface area contributed by atoms with Gasteiger partial charge in [0.2, 0.25) is 0 Å². The zero-order chi connectivity index (χ0) is 9.64. The van der Waals surface area contributed by atoms with Crippen molar-refractivity contribution < 1.29 is 4.39 Å². The van der Waals surface area contributed by atoms with E-state index in [2.05, 4.69) is 25.7 Å². The van der Waals surface area contributed by atoms with E-state index in [4.69, 9.17) is 0 Å². The lowest BCUT2D eigenvalue weighted by molar-refractivity contribution is 0.129. The van der Waals surface area contributed by atoms with Crippen LogP contribution in [0.2, 0.25) is 0 Å². The minimum absolute atomic E-state index is 0.318. The van der Waals surface area contributed by atoms with Crippen LogP contribution in [0.25, 0.3) is 0 Å². The highest BCUT2D eigenvalue weighted by molar-refractivity contribution is 4.99. The molecule has 1 nitrogen and oxygen atoms in total. The maximum atomic E-state index is 13.2. The molecule has 0 aromatic rings. The van der Waals surface area contributed by atoms with Crippen LogP contribution in [-0.4, -0.2) is 29.7 Å². The zero-order valence-corrected chi connectivity index (χ0v) is 8.89. The number of halogens is 1. The van der Waals surface area contributed by atoms with Gasteiger partial charge < -0.3 is 0 Å². The smallest absolute Gasteiger partial charge is 0.114 e. The van der Waals surface area contributed by atoms with Crippen LogP contribution in [0, 0.1) is 5.41 Å². The topological polar surface area (TPSA) is 3.24 Å². The molecule has 2 heteroatoms. The molecule has 2 fully saturated rings. The summed E-state index contributed by atoms with van der Waals surface area (Å²) < 4.78 is 13.2. The Morgan fingerprint density at radius 1 is 1.23 bits per heavy atom. The molecule has 0 aliphatic carbocycles. The van der Waals surface area contributed by atoms with Crippen molar-refractivity contribution in [1.82, 2.24) is 4.90 Å². The number of fused-ring (bicyclic) bond motifs is 1. The molecule has 3 unspecified atom stereocenters. The molecular formula is C11H20FN. The molecule has 0 spiro atoms. The molecule has 2 saturated heterocycles. The van der Waals surface area contributed by atoms with Crippen molar-refractivity contribution in [3.63, 3.8) is 0 Å². The quantitative estimate of drug-likeness (QED) is 0.560. The van der Waals surface area contributed by atoms with Crippen LogP contribution < -0.4 is 0 Å². The second-order valence-electron chi connectivity index (χ2n) is 5.64. The predicted molar refractivity (Wildman–Crippen MR) is 52.5 cm³/mol. The summed E-state index contributed by atoms with van der Waals surface area (Å²) in [5.41, 5.74) is 0.318. The van der Waals surface area contributed by atoms with Gasteiger partial charge in [-0.1, -0.05) is 20.8 Å². The van der Waals surface area contributed by atoms with Gasteiger partial charge >= 0.3 is 0 Å². The molecule has 76 valence electrons. The van der Waals surface area contributed by atoms with E-state index in [0.29, 0.717) is 24.0 Å². The molecule has 0 N–H and O–H groups in total. The minimum Gasteiger partial charge on any atom is -0.294 e. The van der Waals surface area contributed by atoms with Gasteiger partial charge in [0.25, 0.3) is 0 Å². The Morgan fingerprint density at radius 3 is 2.54 bits per heavy atom. The lowest BCUT2D eigenvalue weighted by Gasteiger charge is -2.34. The van der Waals surface area contributed by atoms with E-state index in [0.717, 1.165) is 6.42 Å². The number of hydrogen-bond donors (Lipinski definition) is 0. The Hall–Kier alpha value is -0.110. The van der Waals surface area contributed by atoms with Crippen molar-refractivity contribution in [1.29, 1.82) is 0 Å². The Kier molecular flexibility index (Phi) is 2.14.